The van der Waals surface area contributed by atoms with Crippen LogP contribution in [0, 0.1) is 6.92 Å². The van der Waals surface area contributed by atoms with Crippen molar-refractivity contribution in [1.29, 1.82) is 0 Å². The van der Waals surface area contributed by atoms with Crippen LogP contribution in [-0.4, -0.2) is 22.3 Å². The molecule has 0 aliphatic heterocycles. The van der Waals surface area contributed by atoms with Gasteiger partial charge in [-0.25, -0.2) is 0 Å². The largest absolute Gasteiger partial charge is 0.368 e. The molecule has 0 aliphatic rings. The van der Waals surface area contributed by atoms with E-state index in [4.69, 9.17) is 10.2 Å². The summed E-state index contributed by atoms with van der Waals surface area (Å²) < 4.78 is 0. The summed E-state index contributed by atoms with van der Waals surface area (Å²) in [7, 11) is 0. The highest BCUT2D eigenvalue weighted by Crippen LogP contribution is 2.07. The van der Waals surface area contributed by atoms with E-state index < -0.39 is 6.29 Å². The average molecular weight is 180 g/mol. The van der Waals surface area contributed by atoms with Crippen molar-refractivity contribution in [2.75, 3.05) is 0 Å². The van der Waals surface area contributed by atoms with Crippen molar-refractivity contribution in [3.8, 4) is 0 Å². The third-order valence-corrected chi connectivity index (χ3v) is 1.71. The molecule has 0 amide bonds. The zero-order chi connectivity index (χ0) is 9.84. The highest BCUT2D eigenvalue weighted by Gasteiger charge is 2.09. The second-order valence-electron chi connectivity index (χ2n) is 2.98. The molecule has 0 aliphatic carbocycles. The van der Waals surface area contributed by atoms with Gasteiger partial charge in [-0.15, -0.1) is 0 Å². The molecule has 0 saturated carbocycles. The number of aryl methyl sites for hydroxylation is 1. The van der Waals surface area contributed by atoms with Crippen molar-refractivity contribution in [2.24, 2.45) is 0 Å². The molecule has 0 bridgehead atoms. The van der Waals surface area contributed by atoms with Gasteiger partial charge in [0.25, 0.3) is 0 Å². The first-order valence-electron chi connectivity index (χ1n) is 4.05. The summed E-state index contributed by atoms with van der Waals surface area (Å²) in [5, 5.41) is 17.2. The number of hydrogen-bond acceptors (Lipinski definition) is 3. The van der Waals surface area contributed by atoms with E-state index in [1.54, 1.807) is 18.2 Å². The first-order chi connectivity index (χ1) is 6.09. The average Bonchev–Trinajstić information content (AvgIpc) is 2.03. The van der Waals surface area contributed by atoms with Gasteiger partial charge < -0.3 is 10.2 Å². The van der Waals surface area contributed by atoms with Gasteiger partial charge in [0.05, 0.1) is 6.42 Å². The molecule has 0 atom stereocenters. The number of carbonyl (C=O) groups excluding carboxylic acids is 1. The fourth-order valence-corrected chi connectivity index (χ4v) is 1.10. The maximum Gasteiger partial charge on any atom is 0.167 e. The van der Waals surface area contributed by atoms with Crippen molar-refractivity contribution in [2.45, 2.75) is 19.6 Å². The summed E-state index contributed by atoms with van der Waals surface area (Å²) in [4.78, 5) is 11.3. The molecule has 0 fully saturated rings. The molecule has 70 valence electrons. The summed E-state index contributed by atoms with van der Waals surface area (Å²) in [5.74, 6) is -0.251. The van der Waals surface area contributed by atoms with Crippen molar-refractivity contribution in [3.63, 3.8) is 0 Å². The van der Waals surface area contributed by atoms with E-state index in [9.17, 15) is 4.79 Å². The molecule has 13 heavy (non-hydrogen) atoms. The minimum atomic E-state index is -1.56. The van der Waals surface area contributed by atoms with E-state index in [1.807, 2.05) is 13.0 Å². The minimum Gasteiger partial charge on any atom is -0.368 e. The monoisotopic (exact) mass is 180 g/mol. The number of aliphatic hydroxyl groups is 2. The summed E-state index contributed by atoms with van der Waals surface area (Å²) in [6.07, 6.45) is -1.81. The van der Waals surface area contributed by atoms with Gasteiger partial charge in [-0.3, -0.25) is 4.79 Å². The van der Waals surface area contributed by atoms with Gasteiger partial charge in [-0.05, 0) is 13.0 Å². The van der Waals surface area contributed by atoms with Crippen LogP contribution in [0.3, 0.4) is 0 Å². The molecule has 0 saturated heterocycles. The molecule has 1 rings (SSSR count). The van der Waals surface area contributed by atoms with Crippen LogP contribution < -0.4 is 0 Å². The smallest absolute Gasteiger partial charge is 0.167 e. The molecule has 2 N–H and O–H groups in total. The van der Waals surface area contributed by atoms with Crippen molar-refractivity contribution in [3.05, 3.63) is 35.4 Å². The van der Waals surface area contributed by atoms with E-state index >= 15 is 0 Å². The molecular formula is C10H12O3. The third-order valence-electron chi connectivity index (χ3n) is 1.71. The highest BCUT2D eigenvalue weighted by molar-refractivity contribution is 5.96. The maximum absolute atomic E-state index is 11.3. The van der Waals surface area contributed by atoms with E-state index in [-0.39, 0.29) is 12.2 Å². The van der Waals surface area contributed by atoms with E-state index in [0.29, 0.717) is 5.56 Å². The molecule has 1 aromatic rings. The van der Waals surface area contributed by atoms with Crippen LogP contribution >= 0.6 is 0 Å². The Balaban J connectivity index is 2.77. The molecular weight excluding hydrogens is 168 g/mol. The zero-order valence-corrected chi connectivity index (χ0v) is 7.40. The zero-order valence-electron chi connectivity index (χ0n) is 7.40. The Kier molecular flexibility index (Phi) is 3.17. The Labute approximate surface area is 76.6 Å². The second-order valence-corrected chi connectivity index (χ2v) is 2.98. The predicted molar refractivity (Wildman–Crippen MR) is 48.4 cm³/mol. The number of rotatable bonds is 3. The minimum absolute atomic E-state index is 0.247. The molecule has 1 aromatic carbocycles. The topological polar surface area (TPSA) is 57.5 Å². The Bertz CT molecular complexity index is 305. The van der Waals surface area contributed by atoms with Crippen LogP contribution in [-0.2, 0) is 0 Å². The Hall–Kier alpha value is -1.19. The number of Topliss-reactive ketones (excluding diaryl/α,β-unsaturated/α-hetero) is 1. The van der Waals surface area contributed by atoms with Crippen molar-refractivity contribution in [1.82, 2.24) is 0 Å². The number of aliphatic hydroxyl groups excluding tert-OH is 1. The van der Waals surface area contributed by atoms with Gasteiger partial charge in [0, 0.05) is 5.56 Å². The third kappa shape index (κ3) is 2.97. The molecule has 0 aromatic heterocycles. The van der Waals surface area contributed by atoms with Gasteiger partial charge in [0.1, 0.15) is 0 Å². The fourth-order valence-electron chi connectivity index (χ4n) is 1.10. The van der Waals surface area contributed by atoms with E-state index in [2.05, 4.69) is 0 Å². The lowest BCUT2D eigenvalue weighted by atomic mass is 10.1. The SMILES string of the molecule is Cc1cccc(C(=O)CC(O)O)c1. The van der Waals surface area contributed by atoms with Crippen LogP contribution in [0.5, 0.6) is 0 Å². The van der Waals surface area contributed by atoms with Gasteiger partial charge >= 0.3 is 0 Å². The number of hydrogen-bond donors (Lipinski definition) is 2. The lowest BCUT2D eigenvalue weighted by Crippen LogP contribution is -2.12. The number of ketones is 1. The predicted octanol–water partition coefficient (Wildman–Crippen LogP) is 0.879. The maximum atomic E-state index is 11.3. The summed E-state index contributed by atoms with van der Waals surface area (Å²) in [6.45, 7) is 1.88. The Morgan fingerprint density at radius 2 is 2.15 bits per heavy atom. The van der Waals surface area contributed by atoms with Gasteiger partial charge in [-0.1, -0.05) is 23.8 Å². The standard InChI is InChI=1S/C10H12O3/c1-7-3-2-4-8(5-7)9(11)6-10(12)13/h2-5,10,12-13H,6H2,1H3. The molecule has 0 heterocycles. The van der Waals surface area contributed by atoms with Crippen LogP contribution in [0.2, 0.25) is 0 Å². The van der Waals surface area contributed by atoms with Gasteiger partial charge in [0.15, 0.2) is 12.1 Å². The summed E-state index contributed by atoms with van der Waals surface area (Å²) in [6, 6.07) is 7.04. The van der Waals surface area contributed by atoms with Crippen molar-refractivity contribution >= 4 is 5.78 Å². The molecule has 0 unspecified atom stereocenters. The lowest BCUT2D eigenvalue weighted by molar-refractivity contribution is -0.0389. The molecule has 3 nitrogen and oxygen atoms in total. The highest BCUT2D eigenvalue weighted by atomic mass is 16.5. The van der Waals surface area contributed by atoms with E-state index in [0.717, 1.165) is 5.56 Å². The molecule has 3 heteroatoms. The molecule has 0 spiro atoms. The van der Waals surface area contributed by atoms with Gasteiger partial charge in [-0.2, -0.15) is 0 Å². The first kappa shape index (κ1) is 9.89. The fraction of sp³-hybridized carbons (Fsp3) is 0.300. The summed E-state index contributed by atoms with van der Waals surface area (Å²) in [5.41, 5.74) is 1.51. The number of benzene rings is 1. The quantitative estimate of drug-likeness (QED) is 0.536. The van der Waals surface area contributed by atoms with Gasteiger partial charge in [0.2, 0.25) is 0 Å². The lowest BCUT2D eigenvalue weighted by Gasteiger charge is -2.03. The second kappa shape index (κ2) is 4.16. The first-order valence-corrected chi connectivity index (χ1v) is 4.05. The van der Waals surface area contributed by atoms with E-state index in [1.165, 1.54) is 0 Å². The van der Waals surface area contributed by atoms with Crippen LogP contribution in [0.4, 0.5) is 0 Å². The van der Waals surface area contributed by atoms with Crippen LogP contribution in [0.1, 0.15) is 22.3 Å². The Morgan fingerprint density at radius 3 is 2.69 bits per heavy atom. The number of carbonyl (C=O) groups is 1. The Morgan fingerprint density at radius 1 is 1.46 bits per heavy atom. The normalized spacial score (nSPS) is 10.5. The summed E-state index contributed by atoms with van der Waals surface area (Å²) >= 11 is 0. The van der Waals surface area contributed by atoms with Crippen LogP contribution in [0.25, 0.3) is 0 Å². The molecule has 0 radical (unpaired) electrons. The van der Waals surface area contributed by atoms with Crippen molar-refractivity contribution < 1.29 is 15.0 Å². The van der Waals surface area contributed by atoms with Crippen LogP contribution in [0.15, 0.2) is 24.3 Å².